The fraction of sp³-hybridized carbons (Fsp3) is 0.320. The molecule has 0 saturated carbocycles. The summed E-state index contributed by atoms with van der Waals surface area (Å²) < 4.78 is 12.3. The van der Waals surface area contributed by atoms with Gasteiger partial charge in [-0.2, -0.15) is 4.98 Å². The molecule has 2 aromatic carbocycles. The van der Waals surface area contributed by atoms with E-state index in [2.05, 4.69) is 36.5 Å². The summed E-state index contributed by atoms with van der Waals surface area (Å²) in [5.41, 5.74) is 4.62. The molecular formula is C25H28N4O3S. The maximum atomic E-state index is 13.1. The lowest BCUT2D eigenvalue weighted by Crippen LogP contribution is -2.30. The fourth-order valence-electron chi connectivity index (χ4n) is 3.72. The third-order valence-corrected chi connectivity index (χ3v) is 6.40. The minimum atomic E-state index is -0.430. The minimum absolute atomic E-state index is 0.190. The Morgan fingerprint density at radius 3 is 2.55 bits per heavy atom. The molecule has 1 atom stereocenters. The number of allylic oxidation sites excluding steroid dienone is 1. The first kappa shape index (κ1) is 23.1. The summed E-state index contributed by atoms with van der Waals surface area (Å²) in [6.07, 6.45) is 0.947. The average Bonchev–Trinajstić information content (AvgIpc) is 3.25. The van der Waals surface area contributed by atoms with Crippen LogP contribution in [0.2, 0.25) is 0 Å². The molecule has 0 spiro atoms. The molecule has 4 rings (SSSR count). The molecule has 0 unspecified atom stereocenters. The second kappa shape index (κ2) is 10.7. The number of benzene rings is 2. The van der Waals surface area contributed by atoms with Crippen LogP contribution in [-0.2, 0) is 26.4 Å². The van der Waals surface area contributed by atoms with Crippen LogP contribution in [0, 0.1) is 0 Å². The van der Waals surface area contributed by atoms with E-state index in [0.29, 0.717) is 29.0 Å². The first-order valence-electron chi connectivity index (χ1n) is 11.0. The molecule has 172 valence electrons. The van der Waals surface area contributed by atoms with E-state index in [0.717, 1.165) is 17.7 Å². The number of carbonyl (C=O) groups excluding carboxylic acids is 1. The molecule has 0 fully saturated rings. The van der Waals surface area contributed by atoms with Crippen LogP contribution in [0.1, 0.15) is 36.6 Å². The van der Waals surface area contributed by atoms with Crippen LogP contribution < -0.4 is 5.32 Å². The van der Waals surface area contributed by atoms with E-state index in [9.17, 15) is 4.79 Å². The van der Waals surface area contributed by atoms with Gasteiger partial charge in [-0.15, -0.1) is 5.10 Å². The number of nitrogens with zero attached hydrogens (tertiary/aromatic N) is 3. The molecule has 0 aliphatic carbocycles. The molecule has 2 heterocycles. The topological polar surface area (TPSA) is 78.3 Å². The lowest BCUT2D eigenvalue weighted by atomic mass is 9.95. The predicted molar refractivity (Wildman–Crippen MR) is 129 cm³/mol. The number of esters is 1. The lowest BCUT2D eigenvalue weighted by Gasteiger charge is -2.28. The Morgan fingerprint density at radius 2 is 1.85 bits per heavy atom. The van der Waals surface area contributed by atoms with Crippen molar-refractivity contribution in [3.8, 4) is 0 Å². The zero-order chi connectivity index (χ0) is 23.2. The fourth-order valence-corrected chi connectivity index (χ4v) is 4.50. The van der Waals surface area contributed by atoms with Crippen molar-refractivity contribution in [3.05, 3.63) is 82.6 Å². The van der Waals surface area contributed by atoms with Crippen molar-refractivity contribution in [1.29, 1.82) is 0 Å². The normalized spacial score (nSPS) is 15.2. The second-order valence-electron chi connectivity index (χ2n) is 7.73. The molecule has 0 radical (unpaired) electrons. The van der Waals surface area contributed by atoms with Crippen LogP contribution >= 0.6 is 11.8 Å². The van der Waals surface area contributed by atoms with E-state index < -0.39 is 6.04 Å². The van der Waals surface area contributed by atoms with Gasteiger partial charge in [0.05, 0.1) is 12.2 Å². The van der Waals surface area contributed by atoms with Crippen LogP contribution in [0.4, 0.5) is 5.95 Å². The lowest BCUT2D eigenvalue weighted by molar-refractivity contribution is -0.140. The number of hydrogen-bond acceptors (Lipinski definition) is 7. The van der Waals surface area contributed by atoms with Crippen LogP contribution in [0.25, 0.3) is 0 Å². The number of anilines is 1. The van der Waals surface area contributed by atoms with Crippen molar-refractivity contribution in [1.82, 2.24) is 14.8 Å². The van der Waals surface area contributed by atoms with Gasteiger partial charge in [-0.25, -0.2) is 9.48 Å². The van der Waals surface area contributed by atoms with Gasteiger partial charge in [0.25, 0.3) is 0 Å². The Hall–Kier alpha value is -3.10. The zero-order valence-corrected chi connectivity index (χ0v) is 19.9. The van der Waals surface area contributed by atoms with E-state index >= 15 is 0 Å². The molecule has 8 heteroatoms. The SMILES string of the molecule is CCc1ccc([C@@H]2C(C(=O)OCCOC)=C(C)Nc3nc(SCc4ccccc4)nn32)cc1. The summed E-state index contributed by atoms with van der Waals surface area (Å²) in [4.78, 5) is 17.8. The number of aryl methyl sites for hydroxylation is 1. The van der Waals surface area contributed by atoms with Crippen molar-refractivity contribution >= 4 is 23.7 Å². The van der Waals surface area contributed by atoms with Gasteiger partial charge in [0.1, 0.15) is 12.6 Å². The zero-order valence-electron chi connectivity index (χ0n) is 19.1. The highest BCUT2D eigenvalue weighted by molar-refractivity contribution is 7.98. The third-order valence-electron chi connectivity index (χ3n) is 5.49. The Kier molecular flexibility index (Phi) is 7.47. The van der Waals surface area contributed by atoms with Gasteiger partial charge in [-0.05, 0) is 30.0 Å². The first-order valence-corrected chi connectivity index (χ1v) is 11.9. The standard InChI is InChI=1S/C25H28N4O3S/c1-4-18-10-12-20(13-11-18)22-21(23(30)32-15-14-31-3)17(2)26-24-27-25(28-29(22)24)33-16-19-8-6-5-7-9-19/h5-13,22H,4,14-16H2,1-3H3,(H,26,27,28)/t22-/m1/s1. The Labute approximate surface area is 198 Å². The quantitative estimate of drug-likeness (QED) is 0.281. The molecule has 1 aliphatic rings. The van der Waals surface area contributed by atoms with Crippen LogP contribution in [-0.4, -0.2) is 41.1 Å². The van der Waals surface area contributed by atoms with Crippen LogP contribution in [0.3, 0.4) is 0 Å². The minimum Gasteiger partial charge on any atom is -0.460 e. The summed E-state index contributed by atoms with van der Waals surface area (Å²) in [7, 11) is 1.58. The maximum Gasteiger partial charge on any atom is 0.338 e. The number of rotatable bonds is 9. The molecule has 0 amide bonds. The monoisotopic (exact) mass is 464 g/mol. The van der Waals surface area contributed by atoms with Crippen molar-refractivity contribution in [2.45, 2.75) is 37.2 Å². The molecule has 1 N–H and O–H groups in total. The van der Waals surface area contributed by atoms with Gasteiger partial charge in [0.15, 0.2) is 0 Å². The van der Waals surface area contributed by atoms with Gasteiger partial charge in [-0.3, -0.25) is 0 Å². The van der Waals surface area contributed by atoms with Crippen molar-refractivity contribution < 1.29 is 14.3 Å². The maximum absolute atomic E-state index is 13.1. The predicted octanol–water partition coefficient (Wildman–Crippen LogP) is 4.61. The molecular weight excluding hydrogens is 436 g/mol. The van der Waals surface area contributed by atoms with Gasteiger partial charge >= 0.3 is 5.97 Å². The second-order valence-corrected chi connectivity index (χ2v) is 8.67. The number of ether oxygens (including phenoxy) is 2. The summed E-state index contributed by atoms with van der Waals surface area (Å²) in [5, 5.41) is 8.67. The number of thioether (sulfide) groups is 1. The van der Waals surface area contributed by atoms with E-state index in [-0.39, 0.29) is 12.6 Å². The largest absolute Gasteiger partial charge is 0.460 e. The number of aromatic nitrogens is 3. The summed E-state index contributed by atoms with van der Waals surface area (Å²) in [6, 6.07) is 18.0. The van der Waals surface area contributed by atoms with Crippen molar-refractivity contribution in [2.75, 3.05) is 25.6 Å². The highest BCUT2D eigenvalue weighted by Crippen LogP contribution is 2.37. The highest BCUT2D eigenvalue weighted by Gasteiger charge is 2.35. The number of methoxy groups -OCH3 is 1. The molecule has 0 bridgehead atoms. The van der Waals surface area contributed by atoms with E-state index in [1.54, 1.807) is 23.6 Å². The third kappa shape index (κ3) is 5.29. The highest BCUT2D eigenvalue weighted by atomic mass is 32.2. The van der Waals surface area contributed by atoms with Gasteiger partial charge in [0.2, 0.25) is 11.1 Å². The number of hydrogen-bond donors (Lipinski definition) is 1. The number of fused-ring (bicyclic) bond motifs is 1. The molecule has 3 aromatic rings. The smallest absolute Gasteiger partial charge is 0.338 e. The average molecular weight is 465 g/mol. The summed E-state index contributed by atoms with van der Waals surface area (Å²) >= 11 is 1.56. The van der Waals surface area contributed by atoms with Crippen LogP contribution in [0.15, 0.2) is 71.0 Å². The van der Waals surface area contributed by atoms with E-state index in [4.69, 9.17) is 19.6 Å². The Balaban J connectivity index is 1.66. The molecule has 1 aromatic heterocycles. The first-order chi connectivity index (χ1) is 16.1. The molecule has 7 nitrogen and oxygen atoms in total. The Bertz CT molecular complexity index is 1130. The molecule has 0 saturated heterocycles. The Morgan fingerprint density at radius 1 is 1.09 bits per heavy atom. The molecule has 1 aliphatic heterocycles. The number of nitrogens with one attached hydrogen (secondary N) is 1. The van der Waals surface area contributed by atoms with E-state index in [1.165, 1.54) is 11.1 Å². The van der Waals surface area contributed by atoms with Gasteiger partial charge in [-0.1, -0.05) is 73.3 Å². The van der Waals surface area contributed by atoms with Gasteiger partial charge in [0, 0.05) is 18.6 Å². The van der Waals surface area contributed by atoms with Crippen LogP contribution in [0.5, 0.6) is 0 Å². The van der Waals surface area contributed by atoms with Gasteiger partial charge < -0.3 is 14.8 Å². The number of carbonyl (C=O) groups is 1. The van der Waals surface area contributed by atoms with E-state index in [1.807, 2.05) is 37.3 Å². The summed E-state index contributed by atoms with van der Waals surface area (Å²) in [6.45, 7) is 4.52. The molecule has 33 heavy (non-hydrogen) atoms. The van der Waals surface area contributed by atoms with Crippen molar-refractivity contribution in [2.24, 2.45) is 0 Å². The summed E-state index contributed by atoms with van der Waals surface area (Å²) in [5.74, 6) is 0.987. The van der Waals surface area contributed by atoms with Crippen molar-refractivity contribution in [3.63, 3.8) is 0 Å².